The molecule has 2 atom stereocenters. The maximum atomic E-state index is 5.98. The summed E-state index contributed by atoms with van der Waals surface area (Å²) in [7, 11) is 1.66. The number of methoxy groups -OCH3 is 1. The van der Waals surface area contributed by atoms with Crippen molar-refractivity contribution in [2.24, 2.45) is 5.73 Å². The summed E-state index contributed by atoms with van der Waals surface area (Å²) in [6.45, 7) is 6.38. The maximum absolute atomic E-state index is 5.98. The lowest BCUT2D eigenvalue weighted by Crippen LogP contribution is -2.28. The highest BCUT2D eigenvalue weighted by molar-refractivity contribution is 7.10. The van der Waals surface area contributed by atoms with E-state index in [1.54, 1.807) is 18.4 Å². The van der Waals surface area contributed by atoms with Gasteiger partial charge in [0.05, 0.1) is 26.4 Å². The third-order valence-electron chi connectivity index (χ3n) is 2.59. The molecule has 5 heteroatoms. The standard InChI is InChI=1S/C13H23NO3S/c1-10-4-9-18-13(10)12(11(2)14)17-8-7-16-6-5-15-3/h4,9,11-12H,5-8,14H2,1-3H3. The van der Waals surface area contributed by atoms with Crippen molar-refractivity contribution in [3.8, 4) is 0 Å². The summed E-state index contributed by atoms with van der Waals surface area (Å²) < 4.78 is 16.1. The molecule has 1 aromatic heterocycles. The van der Waals surface area contributed by atoms with Gasteiger partial charge in [-0.15, -0.1) is 11.3 Å². The van der Waals surface area contributed by atoms with Crippen molar-refractivity contribution >= 4 is 11.3 Å². The Balaban J connectivity index is 2.34. The number of aryl methyl sites for hydroxylation is 1. The van der Waals surface area contributed by atoms with Crippen molar-refractivity contribution in [2.75, 3.05) is 33.5 Å². The molecule has 0 aliphatic carbocycles. The van der Waals surface area contributed by atoms with E-state index < -0.39 is 0 Å². The first-order valence-electron chi connectivity index (χ1n) is 6.14. The zero-order valence-electron chi connectivity index (χ0n) is 11.3. The van der Waals surface area contributed by atoms with Gasteiger partial charge in [-0.05, 0) is 30.9 Å². The smallest absolute Gasteiger partial charge is 0.107 e. The van der Waals surface area contributed by atoms with Crippen molar-refractivity contribution in [2.45, 2.75) is 26.0 Å². The van der Waals surface area contributed by atoms with Crippen LogP contribution in [0.1, 0.15) is 23.5 Å². The van der Waals surface area contributed by atoms with Crippen molar-refractivity contribution in [1.82, 2.24) is 0 Å². The van der Waals surface area contributed by atoms with Crippen LogP contribution in [0.3, 0.4) is 0 Å². The second-order valence-corrected chi connectivity index (χ2v) is 5.17. The van der Waals surface area contributed by atoms with E-state index in [1.165, 1.54) is 10.4 Å². The lowest BCUT2D eigenvalue weighted by atomic mass is 10.1. The fraction of sp³-hybridized carbons (Fsp3) is 0.692. The number of thiophene rings is 1. The van der Waals surface area contributed by atoms with Gasteiger partial charge in [0.25, 0.3) is 0 Å². The molecule has 18 heavy (non-hydrogen) atoms. The van der Waals surface area contributed by atoms with Crippen LogP contribution in [0, 0.1) is 6.92 Å². The minimum atomic E-state index is -0.0453. The van der Waals surface area contributed by atoms with Gasteiger partial charge in [0.2, 0.25) is 0 Å². The molecule has 0 saturated carbocycles. The molecule has 1 heterocycles. The van der Waals surface area contributed by atoms with Crippen LogP contribution in [-0.4, -0.2) is 39.6 Å². The number of rotatable bonds is 9. The van der Waals surface area contributed by atoms with Crippen molar-refractivity contribution < 1.29 is 14.2 Å². The van der Waals surface area contributed by atoms with Gasteiger partial charge < -0.3 is 19.9 Å². The molecule has 1 aromatic rings. The predicted octanol–water partition coefficient (Wildman–Crippen LogP) is 2.12. The van der Waals surface area contributed by atoms with Gasteiger partial charge in [0.15, 0.2) is 0 Å². The third-order valence-corrected chi connectivity index (χ3v) is 3.67. The van der Waals surface area contributed by atoms with Gasteiger partial charge in [-0.1, -0.05) is 0 Å². The molecule has 0 radical (unpaired) electrons. The molecule has 0 fully saturated rings. The molecule has 0 bridgehead atoms. The van der Waals surface area contributed by atoms with Crippen molar-refractivity contribution in [3.63, 3.8) is 0 Å². The van der Waals surface area contributed by atoms with E-state index in [4.69, 9.17) is 19.9 Å². The molecular formula is C13H23NO3S. The molecule has 0 aliphatic heterocycles. The molecule has 4 nitrogen and oxygen atoms in total. The normalized spacial score (nSPS) is 14.7. The molecule has 0 aliphatic rings. The Labute approximate surface area is 113 Å². The largest absolute Gasteiger partial charge is 0.382 e. The van der Waals surface area contributed by atoms with E-state index in [1.807, 2.05) is 6.92 Å². The Morgan fingerprint density at radius 2 is 2.00 bits per heavy atom. The van der Waals surface area contributed by atoms with Gasteiger partial charge in [-0.25, -0.2) is 0 Å². The summed E-state index contributed by atoms with van der Waals surface area (Å²) in [6.07, 6.45) is -0.0453. The monoisotopic (exact) mass is 273 g/mol. The summed E-state index contributed by atoms with van der Waals surface area (Å²) in [5.74, 6) is 0. The Bertz CT molecular complexity index is 328. The van der Waals surface area contributed by atoms with Gasteiger partial charge in [-0.3, -0.25) is 0 Å². The van der Waals surface area contributed by atoms with Gasteiger partial charge in [0, 0.05) is 18.0 Å². The molecule has 1 rings (SSSR count). The quantitative estimate of drug-likeness (QED) is 0.700. The lowest BCUT2D eigenvalue weighted by molar-refractivity contribution is -0.0130. The number of hydrogen-bond acceptors (Lipinski definition) is 5. The van der Waals surface area contributed by atoms with Crippen molar-refractivity contribution in [3.05, 3.63) is 21.9 Å². The van der Waals surface area contributed by atoms with E-state index in [-0.39, 0.29) is 12.1 Å². The number of ether oxygens (including phenoxy) is 3. The molecule has 2 N–H and O–H groups in total. The Hall–Kier alpha value is -0.460. The second kappa shape index (κ2) is 8.61. The predicted molar refractivity (Wildman–Crippen MR) is 74.1 cm³/mol. The lowest BCUT2D eigenvalue weighted by Gasteiger charge is -2.21. The number of hydrogen-bond donors (Lipinski definition) is 1. The van der Waals surface area contributed by atoms with Gasteiger partial charge in [0.1, 0.15) is 6.10 Å². The minimum Gasteiger partial charge on any atom is -0.382 e. The Morgan fingerprint density at radius 3 is 2.56 bits per heavy atom. The second-order valence-electron chi connectivity index (χ2n) is 4.22. The summed E-state index contributed by atoms with van der Waals surface area (Å²) in [6, 6.07) is 2.06. The molecule has 0 saturated heterocycles. The fourth-order valence-corrected chi connectivity index (χ4v) is 2.71. The van der Waals surface area contributed by atoms with Crippen LogP contribution in [0.25, 0.3) is 0 Å². The van der Waals surface area contributed by atoms with E-state index in [0.29, 0.717) is 26.4 Å². The summed E-state index contributed by atoms with van der Waals surface area (Å²) >= 11 is 1.69. The summed E-state index contributed by atoms with van der Waals surface area (Å²) in [5.41, 5.74) is 7.22. The first-order valence-corrected chi connectivity index (χ1v) is 7.02. The van der Waals surface area contributed by atoms with Crippen LogP contribution in [0.4, 0.5) is 0 Å². The molecular weight excluding hydrogens is 250 g/mol. The molecule has 0 amide bonds. The van der Waals surface area contributed by atoms with Crippen LogP contribution < -0.4 is 5.73 Å². The molecule has 104 valence electrons. The van der Waals surface area contributed by atoms with Crippen LogP contribution in [0.2, 0.25) is 0 Å². The molecule has 2 unspecified atom stereocenters. The average molecular weight is 273 g/mol. The minimum absolute atomic E-state index is 0.0266. The highest BCUT2D eigenvalue weighted by Crippen LogP contribution is 2.28. The summed E-state index contributed by atoms with van der Waals surface area (Å²) in [5, 5.41) is 2.07. The third kappa shape index (κ3) is 5.04. The van der Waals surface area contributed by atoms with E-state index in [0.717, 1.165) is 0 Å². The van der Waals surface area contributed by atoms with Gasteiger partial charge in [-0.2, -0.15) is 0 Å². The van der Waals surface area contributed by atoms with Crippen LogP contribution >= 0.6 is 11.3 Å². The van der Waals surface area contributed by atoms with Crippen LogP contribution in [0.15, 0.2) is 11.4 Å². The maximum Gasteiger partial charge on any atom is 0.107 e. The van der Waals surface area contributed by atoms with Crippen molar-refractivity contribution in [1.29, 1.82) is 0 Å². The zero-order chi connectivity index (χ0) is 13.4. The summed E-state index contributed by atoms with van der Waals surface area (Å²) in [4.78, 5) is 1.21. The van der Waals surface area contributed by atoms with Crippen LogP contribution in [0.5, 0.6) is 0 Å². The topological polar surface area (TPSA) is 53.7 Å². The Kier molecular flexibility index (Phi) is 7.46. The first kappa shape index (κ1) is 15.6. The van der Waals surface area contributed by atoms with Gasteiger partial charge >= 0.3 is 0 Å². The fourth-order valence-electron chi connectivity index (χ4n) is 1.62. The number of nitrogens with two attached hydrogens (primary N) is 1. The molecule has 0 spiro atoms. The SMILES string of the molecule is COCCOCCOC(c1sccc1C)C(C)N. The highest BCUT2D eigenvalue weighted by atomic mass is 32.1. The molecule has 0 aromatic carbocycles. The highest BCUT2D eigenvalue weighted by Gasteiger charge is 2.19. The van der Waals surface area contributed by atoms with Crippen LogP contribution in [-0.2, 0) is 14.2 Å². The van der Waals surface area contributed by atoms with E-state index >= 15 is 0 Å². The Morgan fingerprint density at radius 1 is 1.28 bits per heavy atom. The van der Waals surface area contributed by atoms with E-state index in [2.05, 4.69) is 18.4 Å². The zero-order valence-corrected chi connectivity index (χ0v) is 12.2. The van der Waals surface area contributed by atoms with E-state index in [9.17, 15) is 0 Å². The first-order chi connectivity index (χ1) is 8.66. The average Bonchev–Trinajstić information content (AvgIpc) is 2.74.